The third-order valence-corrected chi connectivity index (χ3v) is 5.07. The lowest BCUT2D eigenvalue weighted by atomic mass is 10.0. The predicted octanol–water partition coefficient (Wildman–Crippen LogP) is 4.28. The Bertz CT molecular complexity index is 571. The summed E-state index contributed by atoms with van der Waals surface area (Å²) in [5, 5.41) is 0. The Morgan fingerprint density at radius 1 is 0.815 bits per heavy atom. The van der Waals surface area contributed by atoms with Crippen LogP contribution in [0.1, 0.15) is 57.9 Å². The average molecular weight is 403 g/mol. The molecule has 0 aliphatic carbocycles. The molecule has 156 valence electrons. The average Bonchev–Trinajstić information content (AvgIpc) is 2.67. The van der Waals surface area contributed by atoms with E-state index >= 15 is 0 Å². The highest BCUT2D eigenvalue weighted by atomic mass is 32.2. The van der Waals surface area contributed by atoms with Gasteiger partial charge in [0.2, 0.25) is 0 Å². The summed E-state index contributed by atoms with van der Waals surface area (Å²) in [7, 11) is -3.57. The van der Waals surface area contributed by atoms with Crippen molar-refractivity contribution in [1.82, 2.24) is 0 Å². The third-order valence-electron chi connectivity index (χ3n) is 4.06. The summed E-state index contributed by atoms with van der Waals surface area (Å²) in [6.07, 6.45) is 8.97. The van der Waals surface area contributed by atoms with Crippen LogP contribution in [0.5, 0.6) is 5.75 Å². The van der Waals surface area contributed by atoms with E-state index in [1.807, 2.05) is 12.1 Å². The third kappa shape index (κ3) is 12.8. The highest BCUT2D eigenvalue weighted by Crippen LogP contribution is 2.15. The zero-order chi connectivity index (χ0) is 19.8. The van der Waals surface area contributed by atoms with Gasteiger partial charge in [0, 0.05) is 0 Å². The molecule has 1 rings (SSSR count). The van der Waals surface area contributed by atoms with Crippen LogP contribution >= 0.6 is 0 Å². The van der Waals surface area contributed by atoms with Gasteiger partial charge in [-0.15, -0.1) is 4.33 Å². The molecular weight excluding hydrogens is 368 g/mol. The lowest BCUT2D eigenvalue weighted by molar-refractivity contribution is -0.210. The molecule has 0 radical (unpaired) electrons. The van der Waals surface area contributed by atoms with Crippen molar-refractivity contribution in [3.63, 3.8) is 0 Å². The van der Waals surface area contributed by atoms with Crippen molar-refractivity contribution in [1.29, 1.82) is 0 Å². The number of ether oxygens (including phenoxy) is 2. The van der Waals surface area contributed by atoms with Gasteiger partial charge < -0.3 is 9.47 Å². The summed E-state index contributed by atoms with van der Waals surface area (Å²) < 4.78 is 37.2. The first-order valence-electron chi connectivity index (χ1n) is 9.90. The van der Waals surface area contributed by atoms with Gasteiger partial charge in [0.1, 0.15) is 19.0 Å². The topological polar surface area (TPSA) is 71.1 Å². The first-order chi connectivity index (χ1) is 13.1. The summed E-state index contributed by atoms with van der Waals surface area (Å²) in [5.74, 6) is 0.693. The van der Waals surface area contributed by atoms with E-state index in [0.29, 0.717) is 13.2 Å². The van der Waals surface area contributed by atoms with Gasteiger partial charge in [0.05, 0.1) is 19.0 Å². The molecular formula is C20H34O6S. The monoisotopic (exact) mass is 402 g/mol. The molecule has 0 aliphatic heterocycles. The first kappa shape index (κ1) is 23.9. The molecule has 6 nitrogen and oxygen atoms in total. The fourth-order valence-corrected chi connectivity index (χ4v) is 2.74. The highest BCUT2D eigenvalue weighted by Gasteiger charge is 2.07. The van der Waals surface area contributed by atoms with Gasteiger partial charge in [-0.25, -0.2) is 4.89 Å². The Morgan fingerprint density at radius 3 is 2.19 bits per heavy atom. The second-order valence-corrected chi connectivity index (χ2v) is 8.19. The molecule has 0 bridgehead atoms. The molecule has 0 aliphatic rings. The zero-order valence-corrected chi connectivity index (χ0v) is 17.5. The maximum atomic E-state index is 11.0. The molecule has 1 aromatic carbocycles. The van der Waals surface area contributed by atoms with Crippen LogP contribution in [0.3, 0.4) is 0 Å². The molecule has 0 atom stereocenters. The summed E-state index contributed by atoms with van der Waals surface area (Å²) in [6.45, 7) is 4.82. The van der Waals surface area contributed by atoms with Gasteiger partial charge >= 0.3 is 0 Å². The second kappa shape index (κ2) is 14.9. The van der Waals surface area contributed by atoms with E-state index in [9.17, 15) is 8.42 Å². The van der Waals surface area contributed by atoms with Crippen LogP contribution in [0, 0.1) is 0 Å². The molecule has 1 aromatic rings. The Labute approximate surface area is 164 Å². The largest absolute Gasteiger partial charge is 0.491 e. The molecule has 0 unspecified atom stereocenters. The van der Waals surface area contributed by atoms with Crippen LogP contribution in [0.2, 0.25) is 0 Å². The smallest absolute Gasteiger partial charge is 0.293 e. The van der Waals surface area contributed by atoms with Gasteiger partial charge in [0.25, 0.3) is 10.1 Å². The number of hydrogen-bond acceptors (Lipinski definition) is 6. The van der Waals surface area contributed by atoms with Crippen LogP contribution in [-0.2, 0) is 30.5 Å². The molecule has 0 fully saturated rings. The van der Waals surface area contributed by atoms with E-state index < -0.39 is 10.1 Å². The number of benzene rings is 1. The maximum absolute atomic E-state index is 11.0. The Kier molecular flexibility index (Phi) is 13.1. The second-order valence-electron chi connectivity index (χ2n) is 6.36. The summed E-state index contributed by atoms with van der Waals surface area (Å²) in [5.41, 5.74) is 1.34. The molecule has 0 heterocycles. The van der Waals surface area contributed by atoms with Crippen LogP contribution < -0.4 is 4.74 Å². The Balaban J connectivity index is 2.02. The fraction of sp³-hybridized carbons (Fsp3) is 0.700. The SMILES string of the molecule is CCCCCCCCc1ccc(OCCOCCOOS(=O)(=O)CC)cc1. The van der Waals surface area contributed by atoms with Gasteiger partial charge in [0.15, 0.2) is 0 Å². The lowest BCUT2D eigenvalue weighted by Crippen LogP contribution is -2.14. The summed E-state index contributed by atoms with van der Waals surface area (Å²) >= 11 is 0. The number of aryl methyl sites for hydroxylation is 1. The zero-order valence-electron chi connectivity index (χ0n) is 16.7. The van der Waals surface area contributed by atoms with E-state index in [-0.39, 0.29) is 19.0 Å². The van der Waals surface area contributed by atoms with E-state index in [1.54, 1.807) is 0 Å². The van der Waals surface area contributed by atoms with E-state index in [1.165, 1.54) is 51.0 Å². The lowest BCUT2D eigenvalue weighted by Gasteiger charge is -2.08. The van der Waals surface area contributed by atoms with E-state index in [2.05, 4.69) is 28.3 Å². The van der Waals surface area contributed by atoms with Gasteiger partial charge in [-0.1, -0.05) is 51.2 Å². The van der Waals surface area contributed by atoms with Crippen molar-refractivity contribution in [2.45, 2.75) is 58.8 Å². The molecule has 27 heavy (non-hydrogen) atoms. The van der Waals surface area contributed by atoms with Crippen molar-refractivity contribution in [2.24, 2.45) is 0 Å². The molecule has 0 saturated heterocycles. The first-order valence-corrected chi connectivity index (χ1v) is 11.5. The molecule has 0 aromatic heterocycles. The Hall–Kier alpha value is -1.15. The minimum atomic E-state index is -3.57. The molecule has 0 spiro atoms. The minimum Gasteiger partial charge on any atom is -0.491 e. The van der Waals surface area contributed by atoms with Gasteiger partial charge in [-0.05, 0) is 37.5 Å². The summed E-state index contributed by atoms with van der Waals surface area (Å²) in [4.78, 5) is 4.57. The normalized spacial score (nSPS) is 11.6. The Morgan fingerprint density at radius 2 is 1.48 bits per heavy atom. The number of rotatable bonds is 17. The number of hydrogen-bond donors (Lipinski definition) is 0. The van der Waals surface area contributed by atoms with Gasteiger partial charge in [-0.2, -0.15) is 8.42 Å². The highest BCUT2D eigenvalue weighted by molar-refractivity contribution is 7.86. The quantitative estimate of drug-likeness (QED) is 0.220. The van der Waals surface area contributed by atoms with Crippen molar-refractivity contribution >= 4 is 10.1 Å². The van der Waals surface area contributed by atoms with Crippen LogP contribution in [0.15, 0.2) is 24.3 Å². The van der Waals surface area contributed by atoms with Crippen LogP contribution in [0.25, 0.3) is 0 Å². The van der Waals surface area contributed by atoms with Crippen LogP contribution in [-0.4, -0.2) is 40.6 Å². The molecule has 0 saturated carbocycles. The number of unbranched alkanes of at least 4 members (excludes halogenated alkanes) is 5. The van der Waals surface area contributed by atoms with Crippen LogP contribution in [0.4, 0.5) is 0 Å². The minimum absolute atomic E-state index is 0.0480. The maximum Gasteiger partial charge on any atom is 0.293 e. The van der Waals surface area contributed by atoms with Gasteiger partial charge in [-0.3, -0.25) is 0 Å². The van der Waals surface area contributed by atoms with Crippen molar-refractivity contribution in [3.05, 3.63) is 29.8 Å². The molecule has 0 amide bonds. The molecule has 0 N–H and O–H groups in total. The van der Waals surface area contributed by atoms with E-state index in [4.69, 9.17) is 9.47 Å². The summed E-state index contributed by atoms with van der Waals surface area (Å²) in [6, 6.07) is 8.20. The fourth-order valence-electron chi connectivity index (χ4n) is 2.43. The van der Waals surface area contributed by atoms with E-state index in [0.717, 1.165) is 12.2 Å². The predicted molar refractivity (Wildman–Crippen MR) is 106 cm³/mol. The standard InChI is InChI=1S/C20H34O6S/c1-3-5-6-7-8-9-10-19-11-13-20(14-12-19)24-17-15-23-16-18-25-26-27(21,22)4-2/h11-14H,3-10,15-18H2,1-2H3. The molecule has 7 heteroatoms. The van der Waals surface area contributed by atoms with Crippen molar-refractivity contribution in [3.8, 4) is 5.75 Å². The van der Waals surface area contributed by atoms with Crippen molar-refractivity contribution in [2.75, 3.05) is 32.2 Å². The van der Waals surface area contributed by atoms with Crippen molar-refractivity contribution < 1.29 is 27.1 Å².